The van der Waals surface area contributed by atoms with Gasteiger partial charge in [0, 0.05) is 91.4 Å². The molecule has 27 heteroatoms. The van der Waals surface area contributed by atoms with Gasteiger partial charge in [0.15, 0.2) is 31.2 Å². The Morgan fingerprint density at radius 1 is 0.635 bits per heavy atom. The van der Waals surface area contributed by atoms with E-state index in [1.54, 1.807) is 76.9 Å². The van der Waals surface area contributed by atoms with Crippen LogP contribution in [0, 0.1) is 11.8 Å². The van der Waals surface area contributed by atoms with Crippen molar-refractivity contribution in [2.24, 2.45) is 11.8 Å². The zero-order chi connectivity index (χ0) is 68.8. The van der Waals surface area contributed by atoms with Gasteiger partial charge in [0.25, 0.3) is 11.8 Å². The number of Topliss-reactive ketones (excluding diaryl/α,β-unsaturated/α-hetero) is 2. The van der Waals surface area contributed by atoms with Crippen molar-refractivity contribution in [1.29, 1.82) is 0 Å². The monoisotopic (exact) mass is 1460 g/mol. The molecule has 504 valence electrons. The highest BCUT2D eigenvalue weighted by Gasteiger charge is 2.34. The molecular weight excluding hydrogens is 1400 g/mol. The van der Waals surface area contributed by atoms with Gasteiger partial charge in [-0.3, -0.25) is 28.8 Å². The first-order chi connectivity index (χ1) is 45.7. The Bertz CT molecular complexity index is 4590. The van der Waals surface area contributed by atoms with Crippen LogP contribution >= 0.6 is 68.0 Å². The number of carbonyl (C=O) groups excluding carboxylic acids is 6. The summed E-state index contributed by atoms with van der Waals surface area (Å²) in [6, 6.07) is 29.4. The normalized spacial score (nSPS) is 15.6. The van der Waals surface area contributed by atoms with Crippen molar-refractivity contribution in [3.63, 3.8) is 0 Å². The van der Waals surface area contributed by atoms with E-state index in [0.29, 0.717) is 93.3 Å². The fourth-order valence-electron chi connectivity index (χ4n) is 11.7. The number of hydrogen-bond acceptors (Lipinski definition) is 18. The minimum Gasteiger partial charge on any atom is -0.481 e. The summed E-state index contributed by atoms with van der Waals surface area (Å²) in [5, 5.41) is 12.6. The maximum atomic E-state index is 14.0. The fourth-order valence-corrected chi connectivity index (χ4v) is 17.7. The van der Waals surface area contributed by atoms with Crippen LogP contribution in [-0.4, -0.2) is 123 Å². The van der Waals surface area contributed by atoms with Gasteiger partial charge in [-0.15, -0.1) is 0 Å². The number of fused-ring (bicyclic) bond motifs is 4. The largest absolute Gasteiger partial charge is 0.511 e. The predicted molar refractivity (Wildman–Crippen MR) is 367 cm³/mol. The number of amides is 2. The maximum absolute atomic E-state index is 14.0. The van der Waals surface area contributed by atoms with Gasteiger partial charge in [0.1, 0.15) is 11.2 Å². The molecule has 1 saturated heterocycles. The third kappa shape index (κ3) is 17.5. The van der Waals surface area contributed by atoms with Gasteiger partial charge in [-0.1, -0.05) is 104 Å². The summed E-state index contributed by atoms with van der Waals surface area (Å²) in [4.78, 5) is 95.4. The molecule has 0 radical (unpaired) electrons. The number of aliphatic carboxylic acids is 1. The summed E-state index contributed by atoms with van der Waals surface area (Å²) >= 11 is 26.8. The molecule has 6 aromatic carbocycles. The number of sulfone groups is 2. The second-order valence-electron chi connectivity index (χ2n) is 23.6. The predicted octanol–water partition coefficient (Wildman–Crippen LogP) is 14.6. The van der Waals surface area contributed by atoms with E-state index in [2.05, 4.69) is 0 Å². The van der Waals surface area contributed by atoms with Crippen LogP contribution < -0.4 is 0 Å². The minimum absolute atomic E-state index is 0.0234. The van der Waals surface area contributed by atoms with Gasteiger partial charge < -0.3 is 38.0 Å². The van der Waals surface area contributed by atoms with E-state index in [1.165, 1.54) is 37.3 Å². The lowest BCUT2D eigenvalue weighted by Crippen LogP contribution is -2.36. The molecule has 0 spiro atoms. The molecule has 19 nitrogen and oxygen atoms in total. The van der Waals surface area contributed by atoms with Crippen molar-refractivity contribution in [1.82, 2.24) is 9.80 Å². The van der Waals surface area contributed by atoms with Gasteiger partial charge in [-0.05, 0) is 151 Å². The Morgan fingerprint density at radius 3 is 1.59 bits per heavy atom. The molecule has 1 fully saturated rings. The van der Waals surface area contributed by atoms with Crippen molar-refractivity contribution in [3.8, 4) is 0 Å². The summed E-state index contributed by atoms with van der Waals surface area (Å²) in [6.45, 7) is 2.67. The molecule has 3 aliphatic rings. The molecular formula is C69H64Cl4N2O17S4. The Kier molecular flexibility index (Phi) is 23.1. The summed E-state index contributed by atoms with van der Waals surface area (Å²) in [5.41, 5.74) is 5.95. The summed E-state index contributed by atoms with van der Waals surface area (Å²) in [6.07, 6.45) is 5.46. The maximum Gasteiger partial charge on any atom is 0.511 e. The van der Waals surface area contributed by atoms with Crippen LogP contribution in [0.25, 0.3) is 21.9 Å². The molecule has 11 rings (SSSR count). The highest BCUT2D eigenvalue weighted by atomic mass is 35.5. The SMILES string of the molecule is CC(OC(=O)OCCC[C@@H]1CCSS1)OC(=O)[C@@H](CC(=O)c1c(Cl)cc2c(c1Cl)CCN(C(=O)c1ccc3ccoc3c1)C2)Cc1cccc(S(C)(=O)=O)c1.CS(=O)(=O)c1cccc(C[C@H](CC(=O)c2c(Cl)cc3c(c2Cl)CCN(C(=O)c2ccc4ccoc4c2)C3)C(=O)O)c1. The van der Waals surface area contributed by atoms with Gasteiger partial charge in [-0.2, -0.15) is 0 Å². The van der Waals surface area contributed by atoms with Crippen LogP contribution in [0.4, 0.5) is 4.79 Å². The molecule has 0 aliphatic carbocycles. The molecule has 2 aromatic heterocycles. The third-order valence-electron chi connectivity index (χ3n) is 16.7. The number of carboxylic acids is 1. The zero-order valence-electron chi connectivity index (χ0n) is 52.0. The van der Waals surface area contributed by atoms with E-state index >= 15 is 0 Å². The number of hydrogen-bond donors (Lipinski definition) is 1. The number of halogens is 4. The summed E-state index contributed by atoms with van der Waals surface area (Å²) < 4.78 is 75.0. The zero-order valence-corrected chi connectivity index (χ0v) is 58.3. The van der Waals surface area contributed by atoms with Crippen molar-refractivity contribution in [3.05, 3.63) is 197 Å². The lowest BCUT2D eigenvalue weighted by atomic mass is 9.89. The smallest absolute Gasteiger partial charge is 0.481 e. The molecule has 1 N–H and O–H groups in total. The highest BCUT2D eigenvalue weighted by Crippen LogP contribution is 2.41. The van der Waals surface area contributed by atoms with E-state index in [9.17, 15) is 55.5 Å². The molecule has 0 saturated carbocycles. The quantitative estimate of drug-likeness (QED) is 0.0217. The topological polar surface area (TPSA) is 268 Å². The van der Waals surface area contributed by atoms with E-state index in [4.69, 9.17) is 69.4 Å². The minimum atomic E-state index is -3.57. The van der Waals surface area contributed by atoms with Crippen LogP contribution in [0.3, 0.4) is 0 Å². The Morgan fingerprint density at radius 2 is 1.12 bits per heavy atom. The first-order valence-corrected chi connectivity index (χ1v) is 38.1. The fraction of sp³-hybridized carbons (Fsp3) is 0.319. The van der Waals surface area contributed by atoms with Gasteiger partial charge in [-0.25, -0.2) is 21.6 Å². The molecule has 1 unspecified atom stereocenters. The first kappa shape index (κ1) is 71.4. The van der Waals surface area contributed by atoms with E-state index < -0.39 is 73.9 Å². The molecule has 4 atom stereocenters. The van der Waals surface area contributed by atoms with Crippen LogP contribution in [0.5, 0.6) is 0 Å². The van der Waals surface area contributed by atoms with E-state index in [-0.39, 0.29) is 91.8 Å². The summed E-state index contributed by atoms with van der Waals surface area (Å²) in [7, 11) is -3.37. The van der Waals surface area contributed by atoms with Crippen LogP contribution in [0.2, 0.25) is 20.1 Å². The van der Waals surface area contributed by atoms with Gasteiger partial charge in [0.2, 0.25) is 6.29 Å². The standard InChI is InChI=1S/C39H39Cl2NO10S3.C30H25Cl2NO7S/c1-23(52-39(46)50-14-4-6-29-12-16-53-54-29)51-38(45)27(17-24-5-3-7-30(18-24)55(2,47)48)20-33(43)35-32(40)19-28-22-42(13-10-31(28)36(35)41)37(44)26-9-8-25-11-15-49-34(25)21-26;1-41(38,39)22-4-2-3-17(12-22)11-20(30(36)37)14-25(34)27-24(31)13-21-16-33(9-7-23(21)28(27)32)29(35)19-6-5-18-8-10-40-26(18)15-19/h3,5,7-9,11,15,18-19,21,23,27,29H,4,6,10,12-14,16-17,20,22H2,1-2H3;2-6,8,10,12-13,15,20H,7,9,11,14,16H2,1H3,(H,36,37)/t23?,27-,29-;20-/m11/s1. The van der Waals surface area contributed by atoms with Crippen molar-refractivity contribution >= 4 is 151 Å². The first-order valence-electron chi connectivity index (χ1n) is 30.4. The van der Waals surface area contributed by atoms with Crippen molar-refractivity contribution < 1.29 is 78.5 Å². The molecule has 8 aromatic rings. The van der Waals surface area contributed by atoms with Crippen LogP contribution in [0.1, 0.15) is 114 Å². The molecule has 5 heterocycles. The van der Waals surface area contributed by atoms with Crippen LogP contribution in [0.15, 0.2) is 140 Å². The number of esters is 1. The number of carboxylic acid groups (broad SMARTS) is 1. The molecule has 3 aliphatic heterocycles. The molecule has 2 amide bonds. The van der Waals surface area contributed by atoms with Crippen LogP contribution in [-0.2, 0) is 82.2 Å². The lowest BCUT2D eigenvalue weighted by Gasteiger charge is -2.30. The number of nitrogens with zero attached hydrogens (tertiary/aromatic N) is 2. The number of ether oxygens (including phenoxy) is 3. The van der Waals surface area contributed by atoms with Gasteiger partial charge in [0.05, 0.1) is 72.0 Å². The third-order valence-corrected chi connectivity index (χ3v) is 23.3. The van der Waals surface area contributed by atoms with E-state index in [1.807, 2.05) is 45.9 Å². The number of ketones is 2. The average Bonchev–Trinajstić information content (AvgIpc) is 0.887. The highest BCUT2D eigenvalue weighted by molar-refractivity contribution is 8.77. The molecule has 96 heavy (non-hydrogen) atoms. The van der Waals surface area contributed by atoms with Gasteiger partial charge >= 0.3 is 18.1 Å². The Labute approximate surface area is 581 Å². The Hall–Kier alpha value is -7.35. The second kappa shape index (κ2) is 31.0. The van der Waals surface area contributed by atoms with Crippen molar-refractivity contribution in [2.45, 2.75) is 99.1 Å². The number of furan rings is 2. The second-order valence-corrected chi connectivity index (χ2v) is 32.0. The lowest BCUT2D eigenvalue weighted by molar-refractivity contribution is -0.172. The van der Waals surface area contributed by atoms with Crippen molar-refractivity contribution in [2.75, 3.05) is 38.0 Å². The summed E-state index contributed by atoms with van der Waals surface area (Å²) in [5.74, 6) is -4.66. The number of benzene rings is 6. The average molecular weight is 1460 g/mol. The molecule has 0 bridgehead atoms. The number of rotatable bonds is 22. The Balaban J connectivity index is 0.000000218. The number of carbonyl (C=O) groups is 7. The van der Waals surface area contributed by atoms with E-state index in [0.717, 1.165) is 41.9 Å².